The highest BCUT2D eigenvalue weighted by molar-refractivity contribution is 6.20. The summed E-state index contributed by atoms with van der Waals surface area (Å²) in [6.07, 6.45) is 0. The Labute approximate surface area is 287 Å². The number of nitrogens with zero attached hydrogens (tertiary/aromatic N) is 4. The zero-order chi connectivity index (χ0) is 33.3. The zero-order valence-electron chi connectivity index (χ0n) is 26.8. The fourth-order valence-electron chi connectivity index (χ4n) is 7.99. The minimum Gasteiger partial charge on any atom is -0.308 e. The molecule has 4 heteroatoms. The van der Waals surface area contributed by atoms with Gasteiger partial charge in [0.2, 0.25) is 0 Å². The molecule has 2 aromatic heterocycles. The molecule has 0 amide bonds. The molecule has 230 valence electrons. The number of nitriles is 2. The number of hydrogen-bond donors (Lipinski definition) is 0. The average Bonchev–Trinajstić information content (AvgIpc) is 3.71. The van der Waals surface area contributed by atoms with Gasteiger partial charge < -0.3 is 9.13 Å². The lowest BCUT2D eigenvalue weighted by Gasteiger charge is -2.20. The molecule has 10 aromatic rings. The van der Waals surface area contributed by atoms with Crippen molar-refractivity contribution in [3.63, 3.8) is 0 Å². The standard InChI is InChI=1S/C46H26N4/c47-27-29-17-23-43(49-41-15-7-5-13-35(41)37-21-19-31-9-1-3-11-33(31)45(37)49)39(25-29)40-26-30(28-48)18-24-44(40)50-42-16-8-6-14-36(42)38-22-20-32-10-2-4-12-34(32)46(38)50/h1-26H. The predicted octanol–water partition coefficient (Wildman–Crippen LogP) is 11.6. The maximum absolute atomic E-state index is 10.3. The van der Waals surface area contributed by atoms with Crippen LogP contribution in [0.3, 0.4) is 0 Å². The number of aromatic nitrogens is 2. The SMILES string of the molecule is N#Cc1ccc(-n2c3ccccc3c3ccc4ccccc4c32)c(-c2cc(C#N)ccc2-n2c3ccccc3c3ccc4ccccc4c32)c1. The monoisotopic (exact) mass is 634 g/mol. The number of fused-ring (bicyclic) bond motifs is 10. The quantitative estimate of drug-likeness (QED) is 0.194. The molecule has 0 saturated heterocycles. The summed E-state index contributed by atoms with van der Waals surface area (Å²) >= 11 is 0. The van der Waals surface area contributed by atoms with Crippen LogP contribution in [0.5, 0.6) is 0 Å². The first-order chi connectivity index (χ1) is 24.7. The van der Waals surface area contributed by atoms with Gasteiger partial charge in [-0.2, -0.15) is 10.5 Å². The molecule has 0 aliphatic heterocycles. The van der Waals surface area contributed by atoms with E-state index in [1.807, 2.05) is 24.3 Å². The smallest absolute Gasteiger partial charge is 0.0991 e. The van der Waals surface area contributed by atoms with Crippen molar-refractivity contribution in [3.05, 3.63) is 169 Å². The second-order valence-corrected chi connectivity index (χ2v) is 12.8. The van der Waals surface area contributed by atoms with Crippen LogP contribution >= 0.6 is 0 Å². The third-order valence-corrected chi connectivity index (χ3v) is 10.1. The summed E-state index contributed by atoms with van der Waals surface area (Å²) in [6, 6.07) is 59.5. The molecule has 2 heterocycles. The molecule has 8 aromatic carbocycles. The van der Waals surface area contributed by atoms with Crippen LogP contribution in [0.2, 0.25) is 0 Å². The van der Waals surface area contributed by atoms with Crippen LogP contribution in [-0.4, -0.2) is 9.13 Å². The van der Waals surface area contributed by atoms with E-state index in [1.54, 1.807) is 0 Å². The average molecular weight is 635 g/mol. The van der Waals surface area contributed by atoms with Crippen LogP contribution in [-0.2, 0) is 0 Å². The first kappa shape index (κ1) is 27.9. The fraction of sp³-hybridized carbons (Fsp3) is 0. The third-order valence-electron chi connectivity index (χ3n) is 10.1. The van der Waals surface area contributed by atoms with Crippen molar-refractivity contribution in [1.29, 1.82) is 10.5 Å². The van der Waals surface area contributed by atoms with Crippen LogP contribution in [0, 0.1) is 22.7 Å². The van der Waals surface area contributed by atoms with Gasteiger partial charge in [0.15, 0.2) is 0 Å². The Morgan fingerprint density at radius 1 is 0.360 bits per heavy atom. The highest BCUT2D eigenvalue weighted by Gasteiger charge is 2.22. The molecule has 0 spiro atoms. The normalized spacial score (nSPS) is 11.6. The summed E-state index contributed by atoms with van der Waals surface area (Å²) in [5.74, 6) is 0. The summed E-state index contributed by atoms with van der Waals surface area (Å²) in [7, 11) is 0. The van der Waals surface area contributed by atoms with Gasteiger partial charge in [-0.05, 0) is 59.3 Å². The van der Waals surface area contributed by atoms with E-state index in [4.69, 9.17) is 0 Å². The topological polar surface area (TPSA) is 57.4 Å². The Bertz CT molecular complexity index is 2910. The third kappa shape index (κ3) is 3.91. The summed E-state index contributed by atoms with van der Waals surface area (Å²) in [5.41, 5.74) is 9.09. The Balaban J connectivity index is 1.39. The van der Waals surface area contributed by atoms with Gasteiger partial charge in [0.25, 0.3) is 0 Å². The molecule has 0 aliphatic rings. The summed E-state index contributed by atoms with van der Waals surface area (Å²) in [6.45, 7) is 0. The van der Waals surface area contributed by atoms with E-state index >= 15 is 0 Å². The van der Waals surface area contributed by atoms with Gasteiger partial charge in [-0.1, -0.05) is 109 Å². The Kier molecular flexibility index (Phi) is 5.97. The van der Waals surface area contributed by atoms with Gasteiger partial charge in [0, 0.05) is 43.4 Å². The van der Waals surface area contributed by atoms with E-state index in [0.29, 0.717) is 11.1 Å². The predicted molar refractivity (Wildman–Crippen MR) is 205 cm³/mol. The summed E-state index contributed by atoms with van der Waals surface area (Å²) in [5, 5.41) is 29.8. The van der Waals surface area contributed by atoms with Crippen molar-refractivity contribution < 1.29 is 0 Å². The first-order valence-electron chi connectivity index (χ1n) is 16.6. The maximum Gasteiger partial charge on any atom is 0.0991 e. The van der Waals surface area contributed by atoms with Crippen molar-refractivity contribution in [2.24, 2.45) is 0 Å². The maximum atomic E-state index is 10.3. The highest BCUT2D eigenvalue weighted by atomic mass is 15.0. The lowest BCUT2D eigenvalue weighted by Crippen LogP contribution is -2.03. The lowest BCUT2D eigenvalue weighted by molar-refractivity contribution is 1.16. The Hall–Kier alpha value is -7.14. The molecule has 10 rings (SSSR count). The number of para-hydroxylation sites is 2. The van der Waals surface area contributed by atoms with Crippen molar-refractivity contribution in [1.82, 2.24) is 9.13 Å². The van der Waals surface area contributed by atoms with Crippen LogP contribution < -0.4 is 0 Å². The number of hydrogen-bond acceptors (Lipinski definition) is 2. The molecule has 50 heavy (non-hydrogen) atoms. The van der Waals surface area contributed by atoms with Crippen LogP contribution in [0.4, 0.5) is 0 Å². The van der Waals surface area contributed by atoms with Gasteiger partial charge >= 0.3 is 0 Å². The first-order valence-corrected chi connectivity index (χ1v) is 16.6. The van der Waals surface area contributed by atoms with E-state index in [-0.39, 0.29) is 0 Å². The van der Waals surface area contributed by atoms with Gasteiger partial charge in [-0.25, -0.2) is 0 Å². The molecule has 0 unspecified atom stereocenters. The molecule has 0 atom stereocenters. The minimum absolute atomic E-state index is 0.551. The lowest BCUT2D eigenvalue weighted by atomic mass is 9.96. The van der Waals surface area contributed by atoms with Crippen molar-refractivity contribution in [2.75, 3.05) is 0 Å². The molecule has 0 N–H and O–H groups in total. The molecule has 0 saturated carbocycles. The molecule has 0 bridgehead atoms. The Morgan fingerprint density at radius 2 is 0.760 bits per heavy atom. The number of benzene rings is 8. The summed E-state index contributed by atoms with van der Waals surface area (Å²) in [4.78, 5) is 0. The highest BCUT2D eigenvalue weighted by Crippen LogP contribution is 2.43. The van der Waals surface area contributed by atoms with E-state index in [2.05, 4.69) is 155 Å². The van der Waals surface area contributed by atoms with E-state index in [0.717, 1.165) is 87.7 Å². The van der Waals surface area contributed by atoms with E-state index < -0.39 is 0 Å². The van der Waals surface area contributed by atoms with E-state index in [1.165, 1.54) is 0 Å². The van der Waals surface area contributed by atoms with Gasteiger partial charge in [-0.15, -0.1) is 0 Å². The van der Waals surface area contributed by atoms with Crippen molar-refractivity contribution >= 4 is 65.2 Å². The zero-order valence-corrected chi connectivity index (χ0v) is 26.8. The van der Waals surface area contributed by atoms with Crippen molar-refractivity contribution in [2.45, 2.75) is 0 Å². The molecular formula is C46H26N4. The fourth-order valence-corrected chi connectivity index (χ4v) is 7.99. The van der Waals surface area contributed by atoms with Gasteiger partial charge in [-0.3, -0.25) is 0 Å². The second-order valence-electron chi connectivity index (χ2n) is 12.8. The Morgan fingerprint density at radius 3 is 1.20 bits per heavy atom. The molecule has 4 nitrogen and oxygen atoms in total. The van der Waals surface area contributed by atoms with Gasteiger partial charge in [0.05, 0.1) is 56.7 Å². The minimum atomic E-state index is 0.551. The second kappa shape index (κ2) is 10.7. The molecule has 0 aliphatic carbocycles. The van der Waals surface area contributed by atoms with Crippen LogP contribution in [0.1, 0.15) is 11.1 Å². The number of rotatable bonds is 3. The molecule has 0 fully saturated rings. The molecule has 0 radical (unpaired) electrons. The van der Waals surface area contributed by atoms with Crippen molar-refractivity contribution in [3.8, 4) is 34.6 Å². The summed E-state index contributed by atoms with van der Waals surface area (Å²) < 4.78 is 4.68. The molecular weight excluding hydrogens is 609 g/mol. The largest absolute Gasteiger partial charge is 0.308 e. The van der Waals surface area contributed by atoms with Crippen LogP contribution in [0.15, 0.2) is 158 Å². The van der Waals surface area contributed by atoms with Gasteiger partial charge in [0.1, 0.15) is 0 Å². The van der Waals surface area contributed by atoms with Crippen LogP contribution in [0.25, 0.3) is 87.7 Å². The van der Waals surface area contributed by atoms with E-state index in [9.17, 15) is 10.5 Å².